The summed E-state index contributed by atoms with van der Waals surface area (Å²) >= 11 is 1.90. The van der Waals surface area contributed by atoms with Crippen LogP contribution < -0.4 is 25.2 Å². The summed E-state index contributed by atoms with van der Waals surface area (Å²) in [5, 5.41) is 8.75. The third-order valence-corrected chi connectivity index (χ3v) is 6.08. The van der Waals surface area contributed by atoms with Crippen molar-refractivity contribution in [3.8, 4) is 11.5 Å². The van der Waals surface area contributed by atoms with Crippen molar-refractivity contribution >= 4 is 39.9 Å². The predicted octanol–water partition coefficient (Wildman–Crippen LogP) is 2.61. The van der Waals surface area contributed by atoms with Gasteiger partial charge in [0.1, 0.15) is 18.0 Å². The molecule has 1 saturated heterocycles. The van der Waals surface area contributed by atoms with E-state index in [4.69, 9.17) is 9.47 Å². The molecule has 4 rings (SSSR count). The van der Waals surface area contributed by atoms with Crippen LogP contribution in [0.4, 0.5) is 11.5 Å². The van der Waals surface area contributed by atoms with Crippen LogP contribution in [0.1, 0.15) is 0 Å². The minimum atomic E-state index is -0.378. The van der Waals surface area contributed by atoms with E-state index in [0.29, 0.717) is 22.6 Å². The highest BCUT2D eigenvalue weighted by atomic mass is 32.2. The quantitative estimate of drug-likeness (QED) is 0.631. The van der Waals surface area contributed by atoms with Crippen LogP contribution in [0.3, 0.4) is 0 Å². The molecule has 1 aliphatic rings. The first-order valence-corrected chi connectivity index (χ1v) is 11.1. The molecule has 0 spiro atoms. The van der Waals surface area contributed by atoms with Crippen LogP contribution >= 0.6 is 11.8 Å². The van der Waals surface area contributed by atoms with Crippen molar-refractivity contribution < 1.29 is 14.3 Å². The molecule has 0 radical (unpaired) electrons. The van der Waals surface area contributed by atoms with Gasteiger partial charge in [0, 0.05) is 36.0 Å². The summed E-state index contributed by atoms with van der Waals surface area (Å²) in [6.45, 7) is 1.50. The van der Waals surface area contributed by atoms with Gasteiger partial charge >= 0.3 is 0 Å². The van der Waals surface area contributed by atoms with Gasteiger partial charge in [0.05, 0.1) is 25.3 Å². The van der Waals surface area contributed by atoms with Crippen molar-refractivity contribution in [3.63, 3.8) is 0 Å². The lowest BCUT2D eigenvalue weighted by Gasteiger charge is -2.28. The van der Waals surface area contributed by atoms with Crippen LogP contribution in [0.25, 0.3) is 10.8 Å². The van der Waals surface area contributed by atoms with Crippen LogP contribution in [0.2, 0.25) is 0 Å². The molecular formula is C22H24N4O4S. The smallest absolute Gasteiger partial charge is 0.275 e. The highest BCUT2D eigenvalue weighted by Gasteiger charge is 2.19. The van der Waals surface area contributed by atoms with Gasteiger partial charge in [0.15, 0.2) is 5.82 Å². The number of benzene rings is 2. The summed E-state index contributed by atoms with van der Waals surface area (Å²) in [5.41, 5.74) is 0.174. The Morgan fingerprint density at radius 2 is 1.84 bits per heavy atom. The van der Waals surface area contributed by atoms with Crippen LogP contribution in [-0.4, -0.2) is 54.5 Å². The van der Waals surface area contributed by atoms with Crippen molar-refractivity contribution in [2.24, 2.45) is 0 Å². The zero-order chi connectivity index (χ0) is 21.8. The zero-order valence-corrected chi connectivity index (χ0v) is 18.3. The third-order valence-electron chi connectivity index (χ3n) is 5.13. The molecule has 2 heterocycles. The van der Waals surface area contributed by atoms with Gasteiger partial charge < -0.3 is 19.7 Å². The average Bonchev–Trinajstić information content (AvgIpc) is 2.81. The number of ether oxygens (including phenoxy) is 2. The number of aromatic nitrogens is 2. The third kappa shape index (κ3) is 4.46. The molecule has 1 aliphatic heterocycles. The van der Waals surface area contributed by atoms with Crippen molar-refractivity contribution in [3.05, 3.63) is 52.8 Å². The van der Waals surface area contributed by atoms with E-state index >= 15 is 0 Å². The number of fused-ring (bicyclic) bond motifs is 1. The minimum Gasteiger partial charge on any atom is -0.497 e. The van der Waals surface area contributed by atoms with Crippen LogP contribution in [-0.2, 0) is 11.3 Å². The Morgan fingerprint density at radius 1 is 1.10 bits per heavy atom. The van der Waals surface area contributed by atoms with Crippen LogP contribution in [0.5, 0.6) is 11.5 Å². The SMILES string of the molecule is COc1ccc(OC)c(NC(=O)Cn2nc(N3CCSCC3)c3ccccc3c2=O)c1. The molecule has 9 heteroatoms. The lowest BCUT2D eigenvalue weighted by molar-refractivity contribution is -0.117. The van der Waals surface area contributed by atoms with E-state index in [9.17, 15) is 9.59 Å². The molecule has 0 aliphatic carbocycles. The van der Waals surface area contributed by atoms with E-state index in [-0.39, 0.29) is 18.0 Å². The Bertz CT molecular complexity index is 1160. The number of nitrogens with zero attached hydrogens (tertiary/aromatic N) is 3. The molecule has 0 atom stereocenters. The molecule has 162 valence electrons. The number of thioether (sulfide) groups is 1. The van der Waals surface area contributed by atoms with Gasteiger partial charge in [-0.25, -0.2) is 4.68 Å². The van der Waals surface area contributed by atoms with Gasteiger partial charge in [-0.1, -0.05) is 18.2 Å². The Labute approximate surface area is 184 Å². The number of amides is 1. The molecule has 2 aromatic carbocycles. The van der Waals surface area contributed by atoms with E-state index < -0.39 is 0 Å². The maximum absolute atomic E-state index is 13.0. The molecule has 0 unspecified atom stereocenters. The highest BCUT2D eigenvalue weighted by Crippen LogP contribution is 2.29. The second-order valence-corrected chi connectivity index (χ2v) is 8.27. The summed E-state index contributed by atoms with van der Waals surface area (Å²) in [5.74, 6) is 3.46. The van der Waals surface area contributed by atoms with Crippen molar-refractivity contribution in [2.75, 3.05) is 49.0 Å². The summed E-state index contributed by atoms with van der Waals surface area (Å²) in [6, 6.07) is 12.5. The fourth-order valence-electron chi connectivity index (χ4n) is 3.57. The predicted molar refractivity (Wildman–Crippen MR) is 124 cm³/mol. The largest absolute Gasteiger partial charge is 0.497 e. The van der Waals surface area contributed by atoms with Crippen molar-refractivity contribution in [1.82, 2.24) is 9.78 Å². The summed E-state index contributed by atoms with van der Waals surface area (Å²) in [6.07, 6.45) is 0. The van der Waals surface area contributed by atoms with Crippen LogP contribution in [0, 0.1) is 0 Å². The van der Waals surface area contributed by atoms with Crippen LogP contribution in [0.15, 0.2) is 47.3 Å². The maximum atomic E-state index is 13.0. The number of nitrogens with one attached hydrogen (secondary N) is 1. The monoisotopic (exact) mass is 440 g/mol. The molecule has 31 heavy (non-hydrogen) atoms. The van der Waals surface area contributed by atoms with Gasteiger partial charge in [-0.3, -0.25) is 9.59 Å². The number of methoxy groups -OCH3 is 2. The van der Waals surface area contributed by atoms with Gasteiger partial charge in [0.25, 0.3) is 5.56 Å². The number of hydrogen-bond acceptors (Lipinski definition) is 7. The van der Waals surface area contributed by atoms with Crippen molar-refractivity contribution in [2.45, 2.75) is 6.54 Å². The van der Waals surface area contributed by atoms with Crippen molar-refractivity contribution in [1.29, 1.82) is 0 Å². The fourth-order valence-corrected chi connectivity index (χ4v) is 4.47. The molecule has 0 bridgehead atoms. The lowest BCUT2D eigenvalue weighted by atomic mass is 10.1. The molecule has 0 saturated carbocycles. The summed E-state index contributed by atoms with van der Waals surface area (Å²) < 4.78 is 11.8. The topological polar surface area (TPSA) is 85.7 Å². The summed E-state index contributed by atoms with van der Waals surface area (Å²) in [7, 11) is 3.07. The molecule has 8 nitrogen and oxygen atoms in total. The van der Waals surface area contributed by atoms with E-state index in [2.05, 4.69) is 15.3 Å². The Kier molecular flexibility index (Phi) is 6.31. The Morgan fingerprint density at radius 3 is 2.55 bits per heavy atom. The molecule has 1 amide bonds. The number of carbonyl (C=O) groups is 1. The van der Waals surface area contributed by atoms with Gasteiger partial charge in [-0.15, -0.1) is 0 Å². The number of anilines is 2. The van der Waals surface area contributed by atoms with E-state index in [0.717, 1.165) is 35.8 Å². The minimum absolute atomic E-state index is 0.209. The highest BCUT2D eigenvalue weighted by molar-refractivity contribution is 7.99. The first kappa shape index (κ1) is 21.0. The second kappa shape index (κ2) is 9.30. The fraction of sp³-hybridized carbons (Fsp3) is 0.318. The first-order chi connectivity index (χ1) is 15.1. The summed E-state index contributed by atoms with van der Waals surface area (Å²) in [4.78, 5) is 28.0. The first-order valence-electron chi connectivity index (χ1n) is 9.95. The standard InChI is InChI=1S/C22H24N4O4S/c1-29-15-7-8-19(30-2)18(13-15)23-20(27)14-26-22(28)17-6-4-3-5-16(17)21(24-26)25-9-11-31-12-10-25/h3-8,13H,9-12,14H2,1-2H3,(H,23,27). The van der Waals surface area contributed by atoms with E-state index in [1.807, 2.05) is 30.0 Å². The van der Waals surface area contributed by atoms with Gasteiger partial charge in [-0.2, -0.15) is 16.9 Å². The number of rotatable bonds is 6. The molecule has 1 N–H and O–H groups in total. The van der Waals surface area contributed by atoms with E-state index in [1.54, 1.807) is 31.4 Å². The molecule has 3 aromatic rings. The average molecular weight is 441 g/mol. The second-order valence-electron chi connectivity index (χ2n) is 7.05. The zero-order valence-electron chi connectivity index (χ0n) is 17.5. The van der Waals surface area contributed by atoms with Gasteiger partial charge in [0.2, 0.25) is 5.91 Å². The number of carbonyl (C=O) groups excluding carboxylic acids is 1. The van der Waals surface area contributed by atoms with E-state index in [1.165, 1.54) is 11.8 Å². The maximum Gasteiger partial charge on any atom is 0.275 e. The molecule has 1 aromatic heterocycles. The Hall–Kier alpha value is -3.20. The molecular weight excluding hydrogens is 416 g/mol. The van der Waals surface area contributed by atoms with Gasteiger partial charge in [-0.05, 0) is 18.2 Å². The Balaban J connectivity index is 1.66. The normalized spacial score (nSPS) is 13.8. The lowest BCUT2D eigenvalue weighted by Crippen LogP contribution is -2.37. The molecule has 1 fully saturated rings. The number of hydrogen-bond donors (Lipinski definition) is 1.